The van der Waals surface area contributed by atoms with Gasteiger partial charge in [-0.25, -0.2) is 0 Å². The molecule has 90 valence electrons. The van der Waals surface area contributed by atoms with Crippen LogP contribution in [-0.4, -0.2) is 66.9 Å². The first-order valence-corrected chi connectivity index (χ1v) is 7.45. The topological polar surface area (TPSA) is 107 Å². The monoisotopic (exact) mass is 285 g/mol. The summed E-state index contributed by atoms with van der Waals surface area (Å²) in [5.74, 6) is -1.39. The normalized spacial score (nSPS) is 15.0. The van der Waals surface area contributed by atoms with E-state index in [1.807, 2.05) is 0 Å². The maximum absolute atomic E-state index is 10.6. The average Bonchev–Trinajstić information content (AvgIpc) is 1.73. The second-order valence-electron chi connectivity index (χ2n) is 4.27. The molecule has 0 fully saturated rings. The van der Waals surface area contributed by atoms with Crippen molar-refractivity contribution in [2.24, 2.45) is 0 Å². The number of carbonyl (C=O) groups excluding carboxylic acids is 1. The third-order valence-electron chi connectivity index (χ3n) is 1.43. The second kappa shape index (κ2) is 5.14. The van der Waals surface area contributed by atoms with Gasteiger partial charge in [-0.3, -0.25) is 0 Å². The number of carboxylic acid groups (broad SMARTS) is 1. The van der Waals surface area contributed by atoms with Crippen LogP contribution in [0.3, 0.4) is 0 Å². The molecule has 8 heteroatoms. The summed E-state index contributed by atoms with van der Waals surface area (Å²) in [4.78, 5) is 10.3. The molecule has 0 bridgehead atoms. The van der Waals surface area contributed by atoms with Gasteiger partial charge in [0.1, 0.15) is 0 Å². The van der Waals surface area contributed by atoms with Crippen LogP contribution in [0, 0.1) is 0 Å². The van der Waals surface area contributed by atoms with E-state index in [4.69, 9.17) is 8.19 Å². The SMILES string of the molecule is C[N+](C)(C)CC(CC(=O)[O-])O[As](=O)(O)O. The van der Waals surface area contributed by atoms with Crippen LogP contribution < -0.4 is 5.11 Å². The number of hydrogen-bond donors (Lipinski definition) is 2. The zero-order valence-corrected chi connectivity index (χ0v) is 10.8. The van der Waals surface area contributed by atoms with Crippen molar-refractivity contribution in [1.82, 2.24) is 0 Å². The Labute approximate surface area is 91.2 Å². The molecule has 15 heavy (non-hydrogen) atoms. The summed E-state index contributed by atoms with van der Waals surface area (Å²) < 4.78 is 32.6. The first kappa shape index (κ1) is 14.7. The van der Waals surface area contributed by atoms with Crippen LogP contribution in [0.15, 0.2) is 0 Å². The van der Waals surface area contributed by atoms with Crippen LogP contribution in [0.4, 0.5) is 0 Å². The third-order valence-corrected chi connectivity index (χ3v) is 2.63. The summed E-state index contributed by atoms with van der Waals surface area (Å²) in [6, 6.07) is 0. The number of rotatable bonds is 6. The van der Waals surface area contributed by atoms with E-state index in [1.165, 1.54) is 0 Å². The number of carbonyl (C=O) groups is 1. The van der Waals surface area contributed by atoms with E-state index >= 15 is 0 Å². The van der Waals surface area contributed by atoms with Crippen molar-refractivity contribution in [1.29, 1.82) is 0 Å². The van der Waals surface area contributed by atoms with Crippen molar-refractivity contribution in [2.45, 2.75) is 12.5 Å². The Bertz CT molecular complexity index is 267. The Morgan fingerprint density at radius 2 is 1.93 bits per heavy atom. The van der Waals surface area contributed by atoms with Gasteiger partial charge >= 0.3 is 90.7 Å². The summed E-state index contributed by atoms with van der Waals surface area (Å²) in [5.41, 5.74) is 0. The van der Waals surface area contributed by atoms with Gasteiger partial charge in [-0.05, 0) is 0 Å². The number of carboxylic acids is 1. The zero-order valence-electron chi connectivity index (χ0n) is 8.91. The van der Waals surface area contributed by atoms with Gasteiger partial charge in [0.25, 0.3) is 0 Å². The molecular formula is C7H16AsNO6. The molecule has 0 spiro atoms. The summed E-state index contributed by atoms with van der Waals surface area (Å²) in [7, 11) is 5.29. The van der Waals surface area contributed by atoms with Crippen molar-refractivity contribution >= 4 is 20.5 Å². The average molecular weight is 285 g/mol. The third kappa shape index (κ3) is 9.96. The molecule has 0 rings (SSSR count). The van der Waals surface area contributed by atoms with Crippen LogP contribution in [0.5, 0.6) is 0 Å². The van der Waals surface area contributed by atoms with Gasteiger partial charge in [0.05, 0.1) is 0 Å². The van der Waals surface area contributed by atoms with Crippen LogP contribution in [-0.2, 0) is 12.3 Å². The van der Waals surface area contributed by atoms with E-state index in [1.54, 1.807) is 21.1 Å². The summed E-state index contributed by atoms with van der Waals surface area (Å²) in [6.45, 7) is 0.181. The molecule has 0 radical (unpaired) electrons. The number of hydrogen-bond acceptors (Lipinski definition) is 4. The molecule has 7 nitrogen and oxygen atoms in total. The van der Waals surface area contributed by atoms with Crippen LogP contribution in [0.2, 0.25) is 0 Å². The zero-order chi connectivity index (χ0) is 12.3. The molecule has 0 aliphatic rings. The van der Waals surface area contributed by atoms with E-state index in [-0.39, 0.29) is 6.54 Å². The predicted octanol–water partition coefficient (Wildman–Crippen LogP) is -2.93. The van der Waals surface area contributed by atoms with Crippen LogP contribution in [0.1, 0.15) is 6.42 Å². The molecule has 0 amide bonds. The summed E-state index contributed by atoms with van der Waals surface area (Å²) in [5, 5.41) is 10.3. The molecule has 0 saturated carbocycles. The molecule has 0 aromatic rings. The minimum absolute atomic E-state index is 0.181. The van der Waals surface area contributed by atoms with Crippen LogP contribution in [0.25, 0.3) is 0 Å². The number of likely N-dealkylation sites (N-methyl/N-ethyl adjacent to an activating group) is 1. The molecule has 0 saturated heterocycles. The molecule has 1 atom stereocenters. The van der Waals surface area contributed by atoms with Gasteiger partial charge in [-0.1, -0.05) is 0 Å². The molecule has 1 unspecified atom stereocenters. The van der Waals surface area contributed by atoms with Gasteiger partial charge in [-0.2, -0.15) is 0 Å². The Balaban J connectivity index is 4.45. The van der Waals surface area contributed by atoms with Crippen molar-refractivity contribution < 1.29 is 30.0 Å². The molecule has 0 aromatic carbocycles. The van der Waals surface area contributed by atoms with E-state index in [0.29, 0.717) is 4.48 Å². The van der Waals surface area contributed by atoms with Gasteiger partial charge in [0.2, 0.25) is 0 Å². The first-order chi connectivity index (χ1) is 6.49. The molecule has 0 aliphatic carbocycles. The van der Waals surface area contributed by atoms with Gasteiger partial charge in [-0.15, -0.1) is 0 Å². The second-order valence-corrected chi connectivity index (χ2v) is 6.77. The van der Waals surface area contributed by atoms with Gasteiger partial charge in [0.15, 0.2) is 0 Å². The number of aliphatic carboxylic acids is 1. The van der Waals surface area contributed by atoms with Crippen molar-refractivity contribution in [2.75, 3.05) is 27.7 Å². The molecule has 2 N–H and O–H groups in total. The van der Waals surface area contributed by atoms with E-state index in [2.05, 4.69) is 3.73 Å². The Kier molecular flexibility index (Phi) is 5.02. The van der Waals surface area contributed by atoms with E-state index in [9.17, 15) is 13.6 Å². The van der Waals surface area contributed by atoms with Crippen molar-refractivity contribution in [3.05, 3.63) is 0 Å². The predicted molar refractivity (Wildman–Crippen MR) is 48.3 cm³/mol. The van der Waals surface area contributed by atoms with E-state index in [0.717, 1.165) is 0 Å². The van der Waals surface area contributed by atoms with Gasteiger partial charge < -0.3 is 0 Å². The first-order valence-electron chi connectivity index (χ1n) is 4.24. The van der Waals surface area contributed by atoms with Crippen molar-refractivity contribution in [3.8, 4) is 0 Å². The maximum atomic E-state index is 10.6. The standard InChI is InChI=1S/C7H16AsNO6/c1-9(2,3)5-6(4-7(10)11)15-8(12,13)14/h6H,4-5H2,1-3H3,(H2-,10,11,12,13,14). The number of nitrogens with zero attached hydrogens (tertiary/aromatic N) is 1. The summed E-state index contributed by atoms with van der Waals surface area (Å²) >= 11 is -5.26. The molecule has 0 aromatic heterocycles. The minimum atomic E-state index is -5.26. The number of quaternary nitrogens is 1. The van der Waals surface area contributed by atoms with Gasteiger partial charge in [0, 0.05) is 0 Å². The molecule has 0 heterocycles. The molecular weight excluding hydrogens is 269 g/mol. The fourth-order valence-electron chi connectivity index (χ4n) is 1.13. The Morgan fingerprint density at radius 1 is 1.47 bits per heavy atom. The fraction of sp³-hybridized carbons (Fsp3) is 0.857. The molecule has 0 aliphatic heterocycles. The van der Waals surface area contributed by atoms with Crippen molar-refractivity contribution in [3.63, 3.8) is 0 Å². The summed E-state index contributed by atoms with van der Waals surface area (Å²) in [6.07, 6.45) is -1.56. The van der Waals surface area contributed by atoms with Crippen LogP contribution >= 0.6 is 0 Å². The fourth-order valence-corrected chi connectivity index (χ4v) is 2.24. The Morgan fingerprint density at radius 3 is 2.20 bits per heavy atom. The quantitative estimate of drug-likeness (QED) is 0.399. The van der Waals surface area contributed by atoms with E-state index < -0.39 is 33.0 Å². The Hall–Kier alpha value is -0.332.